The summed E-state index contributed by atoms with van der Waals surface area (Å²) in [6.45, 7) is -0.175. The molecule has 0 spiro atoms. The summed E-state index contributed by atoms with van der Waals surface area (Å²) in [4.78, 5) is 28.0. The van der Waals surface area contributed by atoms with Gasteiger partial charge in [-0.05, 0) is 17.7 Å². The highest BCUT2D eigenvalue weighted by Crippen LogP contribution is 2.17. The van der Waals surface area contributed by atoms with E-state index in [1.165, 1.54) is 24.3 Å². The smallest absolute Gasteiger partial charge is 0.298 e. The first-order chi connectivity index (χ1) is 11.8. The number of carbonyl (C=O) groups is 1. The van der Waals surface area contributed by atoms with Crippen LogP contribution in [0.2, 0.25) is 0 Å². The van der Waals surface area contributed by atoms with Gasteiger partial charge in [-0.3, -0.25) is 18.9 Å². The second kappa shape index (κ2) is 6.16. The Hall–Kier alpha value is -2.95. The maximum atomic E-state index is 12.8. The molecule has 3 N–H and O–H groups in total. The van der Waals surface area contributed by atoms with Crippen LogP contribution in [0.5, 0.6) is 5.75 Å². The number of nitrogens with one attached hydrogen (secondary N) is 2. The number of fused-ring (bicyclic) bond motifs is 1. The molecule has 3 rings (SSSR count). The van der Waals surface area contributed by atoms with Crippen LogP contribution < -0.4 is 15.6 Å². The fourth-order valence-corrected chi connectivity index (χ4v) is 3.22. The number of sulfonamides is 1. The molecule has 11 heteroatoms. The van der Waals surface area contributed by atoms with Gasteiger partial charge >= 0.3 is 0 Å². The van der Waals surface area contributed by atoms with Gasteiger partial charge in [0, 0.05) is 13.1 Å². The molecule has 2 heterocycles. The van der Waals surface area contributed by atoms with Crippen molar-refractivity contribution in [3.05, 3.63) is 51.7 Å². The fourth-order valence-electron chi connectivity index (χ4n) is 2.26. The minimum absolute atomic E-state index is 0.00434. The van der Waals surface area contributed by atoms with Crippen molar-refractivity contribution in [1.82, 2.24) is 14.9 Å². The number of amides is 1. The summed E-state index contributed by atoms with van der Waals surface area (Å²) in [7, 11) is -3.65. The minimum atomic E-state index is -3.65. The van der Waals surface area contributed by atoms with Crippen molar-refractivity contribution in [3.63, 3.8) is 0 Å². The van der Waals surface area contributed by atoms with E-state index >= 15 is 0 Å². The van der Waals surface area contributed by atoms with Gasteiger partial charge in [0.25, 0.3) is 11.5 Å². The van der Waals surface area contributed by atoms with Crippen molar-refractivity contribution in [2.75, 3.05) is 10.5 Å². The van der Waals surface area contributed by atoms with Crippen LogP contribution in [0, 0.1) is 5.82 Å². The summed E-state index contributed by atoms with van der Waals surface area (Å²) in [5, 5.41) is 12.3. The highest BCUT2D eigenvalue weighted by molar-refractivity contribution is 7.92. The van der Waals surface area contributed by atoms with Gasteiger partial charge in [0.15, 0.2) is 5.69 Å². The molecule has 9 nitrogen and oxygen atoms in total. The largest absolute Gasteiger partial charge is 0.501 e. The first-order valence-corrected chi connectivity index (χ1v) is 8.79. The van der Waals surface area contributed by atoms with Gasteiger partial charge in [-0.2, -0.15) is 0 Å². The van der Waals surface area contributed by atoms with E-state index in [4.69, 9.17) is 0 Å². The predicted octanol–water partition coefficient (Wildman–Crippen LogP) is -0.227. The first-order valence-electron chi connectivity index (χ1n) is 7.14. The Bertz CT molecular complexity index is 1000. The number of aromatic hydroxyl groups is 1. The van der Waals surface area contributed by atoms with E-state index in [0.29, 0.717) is 5.56 Å². The number of carbonyl (C=O) groups excluding carboxylic acids is 1. The number of rotatable bonds is 3. The Morgan fingerprint density at radius 1 is 1.36 bits per heavy atom. The van der Waals surface area contributed by atoms with Crippen LogP contribution in [0.15, 0.2) is 29.1 Å². The third kappa shape index (κ3) is 3.45. The lowest BCUT2D eigenvalue weighted by Gasteiger charge is -2.20. The molecule has 132 valence electrons. The second-order valence-corrected chi connectivity index (χ2v) is 7.16. The molecule has 1 amide bonds. The molecule has 0 bridgehead atoms. The molecule has 1 aliphatic heterocycles. The van der Waals surface area contributed by atoms with E-state index in [1.54, 1.807) is 0 Å². The van der Waals surface area contributed by atoms with E-state index in [1.807, 2.05) is 0 Å². The van der Waals surface area contributed by atoms with Gasteiger partial charge in [0.1, 0.15) is 5.82 Å². The molecular weight excluding hydrogens is 355 g/mol. The standard InChI is InChI=1S/C14H13FN4O5S/c15-9-3-1-8(2-4-9)7-16-12(21)10-11(20)13(22)19-5-6-25(23,24)18-14(19)17-10/h1-4,20H,5-7H2,(H,16,21)(H,17,18). The molecule has 25 heavy (non-hydrogen) atoms. The van der Waals surface area contributed by atoms with Crippen LogP contribution in [-0.2, 0) is 23.1 Å². The Morgan fingerprint density at radius 2 is 2.04 bits per heavy atom. The fraction of sp³-hybridized carbons (Fsp3) is 0.214. The number of halogens is 1. The van der Waals surface area contributed by atoms with Crippen LogP contribution in [-0.4, -0.2) is 34.7 Å². The van der Waals surface area contributed by atoms with Gasteiger partial charge < -0.3 is 10.4 Å². The molecule has 2 aromatic rings. The average Bonchev–Trinajstić information content (AvgIpc) is 2.56. The van der Waals surface area contributed by atoms with Crippen molar-refractivity contribution in [2.24, 2.45) is 0 Å². The van der Waals surface area contributed by atoms with Crippen LogP contribution in [0.25, 0.3) is 0 Å². The predicted molar refractivity (Wildman–Crippen MR) is 85.1 cm³/mol. The van der Waals surface area contributed by atoms with Crippen molar-refractivity contribution in [3.8, 4) is 5.75 Å². The van der Waals surface area contributed by atoms with E-state index in [-0.39, 0.29) is 24.8 Å². The third-order valence-electron chi connectivity index (χ3n) is 3.56. The molecule has 0 saturated heterocycles. The normalized spacial score (nSPS) is 15.1. The van der Waals surface area contributed by atoms with Gasteiger partial charge in [-0.25, -0.2) is 17.8 Å². The molecule has 1 aromatic carbocycles. The highest BCUT2D eigenvalue weighted by Gasteiger charge is 2.27. The van der Waals surface area contributed by atoms with Crippen LogP contribution in [0.1, 0.15) is 16.1 Å². The Kier molecular flexibility index (Phi) is 4.17. The summed E-state index contributed by atoms with van der Waals surface area (Å²) in [6.07, 6.45) is 0. The van der Waals surface area contributed by atoms with E-state index in [0.717, 1.165) is 4.57 Å². The maximum Gasteiger partial charge on any atom is 0.298 e. The molecule has 0 unspecified atom stereocenters. The highest BCUT2D eigenvalue weighted by atomic mass is 32.2. The van der Waals surface area contributed by atoms with Crippen LogP contribution in [0.4, 0.5) is 10.3 Å². The maximum absolute atomic E-state index is 12.8. The monoisotopic (exact) mass is 368 g/mol. The quantitative estimate of drug-likeness (QED) is 0.686. The van der Waals surface area contributed by atoms with E-state index in [9.17, 15) is 27.5 Å². The van der Waals surface area contributed by atoms with Crippen molar-refractivity contribution < 1.29 is 22.7 Å². The molecule has 0 saturated carbocycles. The summed E-state index contributed by atoms with van der Waals surface area (Å²) >= 11 is 0. The molecule has 1 aromatic heterocycles. The van der Waals surface area contributed by atoms with Crippen molar-refractivity contribution in [1.29, 1.82) is 0 Å². The number of nitrogens with zero attached hydrogens (tertiary/aromatic N) is 2. The van der Waals surface area contributed by atoms with Gasteiger partial charge in [-0.1, -0.05) is 12.1 Å². The number of benzene rings is 1. The summed E-state index contributed by atoms with van der Waals surface area (Å²) in [5.41, 5.74) is -0.924. The van der Waals surface area contributed by atoms with Crippen LogP contribution in [0.3, 0.4) is 0 Å². The van der Waals surface area contributed by atoms with Gasteiger partial charge in [-0.15, -0.1) is 0 Å². The first kappa shape index (κ1) is 16.9. The lowest BCUT2D eigenvalue weighted by molar-refractivity contribution is 0.0942. The Morgan fingerprint density at radius 3 is 2.72 bits per heavy atom. The zero-order chi connectivity index (χ0) is 18.2. The van der Waals surface area contributed by atoms with Gasteiger partial charge in [0.2, 0.25) is 21.7 Å². The minimum Gasteiger partial charge on any atom is -0.501 e. The average molecular weight is 368 g/mol. The molecule has 0 fully saturated rings. The van der Waals surface area contributed by atoms with Crippen molar-refractivity contribution >= 4 is 21.9 Å². The van der Waals surface area contributed by atoms with Gasteiger partial charge in [0.05, 0.1) is 5.75 Å². The number of hydrogen-bond acceptors (Lipinski definition) is 6. The summed E-state index contributed by atoms with van der Waals surface area (Å²) in [6, 6.07) is 5.35. The number of hydrogen-bond donors (Lipinski definition) is 3. The van der Waals surface area contributed by atoms with E-state index < -0.39 is 38.8 Å². The van der Waals surface area contributed by atoms with Crippen LogP contribution >= 0.6 is 0 Å². The SMILES string of the molecule is O=C(NCc1ccc(F)cc1)c1nc2n(c(=O)c1O)CCS(=O)(=O)N2. The van der Waals surface area contributed by atoms with Crippen molar-refractivity contribution in [2.45, 2.75) is 13.1 Å². The second-order valence-electron chi connectivity index (χ2n) is 5.32. The number of aromatic nitrogens is 2. The lowest BCUT2D eigenvalue weighted by atomic mass is 10.2. The molecule has 0 atom stereocenters. The Balaban J connectivity index is 1.86. The third-order valence-corrected chi connectivity index (χ3v) is 4.77. The lowest BCUT2D eigenvalue weighted by Crippen LogP contribution is -2.37. The zero-order valence-corrected chi connectivity index (χ0v) is 13.5. The summed E-state index contributed by atoms with van der Waals surface area (Å²) < 4.78 is 39.0. The molecule has 1 aliphatic rings. The zero-order valence-electron chi connectivity index (χ0n) is 12.7. The molecule has 0 radical (unpaired) electrons. The topological polar surface area (TPSA) is 130 Å². The number of anilines is 1. The Labute approximate surface area is 141 Å². The van der Waals surface area contributed by atoms with E-state index in [2.05, 4.69) is 15.0 Å². The summed E-state index contributed by atoms with van der Waals surface area (Å²) in [5.74, 6) is -2.84. The molecule has 0 aliphatic carbocycles. The molecular formula is C14H13FN4O5S.